The molecule has 0 atom stereocenters. The van der Waals surface area contributed by atoms with Crippen molar-refractivity contribution in [1.29, 1.82) is 5.26 Å². The van der Waals surface area contributed by atoms with Crippen molar-refractivity contribution in [3.05, 3.63) is 29.6 Å². The van der Waals surface area contributed by atoms with Gasteiger partial charge >= 0.3 is 0 Å². The zero-order chi connectivity index (χ0) is 13.4. The van der Waals surface area contributed by atoms with E-state index in [-0.39, 0.29) is 5.56 Å². The molecule has 0 amide bonds. The Kier molecular flexibility index (Phi) is 6.12. The first kappa shape index (κ1) is 14.4. The molecule has 0 radical (unpaired) electrons. The number of hydrogen-bond donors (Lipinski definition) is 1. The van der Waals surface area contributed by atoms with Crippen LogP contribution in [0.2, 0.25) is 0 Å². The highest BCUT2D eigenvalue weighted by atomic mass is 19.1. The topological polar surface area (TPSA) is 48.3 Å². The molecule has 0 aliphatic rings. The van der Waals surface area contributed by atoms with Crippen LogP contribution in [0.5, 0.6) is 0 Å². The SMILES string of the molecule is CN(C)CCOCCNc1cccc(F)c1C#N. The lowest BCUT2D eigenvalue weighted by atomic mass is 10.2. The molecule has 98 valence electrons. The maximum absolute atomic E-state index is 13.3. The molecule has 1 aromatic carbocycles. The fourth-order valence-corrected chi connectivity index (χ4v) is 1.39. The van der Waals surface area contributed by atoms with E-state index in [1.54, 1.807) is 12.1 Å². The Morgan fingerprint density at radius 1 is 1.39 bits per heavy atom. The number of nitriles is 1. The Morgan fingerprint density at radius 3 is 2.83 bits per heavy atom. The van der Waals surface area contributed by atoms with Gasteiger partial charge < -0.3 is 15.0 Å². The molecule has 1 N–H and O–H groups in total. The lowest BCUT2D eigenvalue weighted by Gasteiger charge is -2.11. The summed E-state index contributed by atoms with van der Waals surface area (Å²) in [6, 6.07) is 6.38. The van der Waals surface area contributed by atoms with E-state index in [1.807, 2.05) is 25.1 Å². The van der Waals surface area contributed by atoms with E-state index in [2.05, 4.69) is 5.32 Å². The summed E-state index contributed by atoms with van der Waals surface area (Å²) in [5, 5.41) is 11.8. The summed E-state index contributed by atoms with van der Waals surface area (Å²) in [6.07, 6.45) is 0. The van der Waals surface area contributed by atoms with Gasteiger partial charge in [0, 0.05) is 13.1 Å². The minimum absolute atomic E-state index is 0.0470. The summed E-state index contributed by atoms with van der Waals surface area (Å²) in [5.74, 6) is -0.504. The fourth-order valence-electron chi connectivity index (χ4n) is 1.39. The van der Waals surface area contributed by atoms with Crippen LogP contribution in [0.25, 0.3) is 0 Å². The lowest BCUT2D eigenvalue weighted by molar-refractivity contribution is 0.126. The van der Waals surface area contributed by atoms with E-state index >= 15 is 0 Å². The molecule has 0 bridgehead atoms. The molecule has 5 heteroatoms. The number of rotatable bonds is 7. The Bertz CT molecular complexity index is 415. The Balaban J connectivity index is 2.32. The number of ether oxygens (including phenoxy) is 1. The minimum atomic E-state index is -0.504. The predicted molar refractivity (Wildman–Crippen MR) is 69.0 cm³/mol. The molecule has 18 heavy (non-hydrogen) atoms. The Hall–Kier alpha value is -1.64. The molecule has 0 aromatic heterocycles. The summed E-state index contributed by atoms with van der Waals surface area (Å²) in [5.41, 5.74) is 0.555. The van der Waals surface area contributed by atoms with Crippen molar-refractivity contribution in [3.8, 4) is 6.07 Å². The van der Waals surface area contributed by atoms with E-state index in [0.29, 0.717) is 25.4 Å². The van der Waals surface area contributed by atoms with Crippen molar-refractivity contribution in [2.45, 2.75) is 0 Å². The van der Waals surface area contributed by atoms with Crippen LogP contribution in [-0.2, 0) is 4.74 Å². The molecule has 0 unspecified atom stereocenters. The van der Waals surface area contributed by atoms with E-state index < -0.39 is 5.82 Å². The van der Waals surface area contributed by atoms with Gasteiger partial charge in [0.25, 0.3) is 0 Å². The van der Waals surface area contributed by atoms with Gasteiger partial charge in [-0.1, -0.05) is 6.07 Å². The molecule has 0 aliphatic carbocycles. The summed E-state index contributed by atoms with van der Waals surface area (Å²) < 4.78 is 18.7. The number of benzene rings is 1. The predicted octanol–water partition coefficient (Wildman–Crippen LogP) is 1.69. The second kappa shape index (κ2) is 7.64. The second-order valence-corrected chi connectivity index (χ2v) is 4.12. The zero-order valence-corrected chi connectivity index (χ0v) is 10.7. The molecule has 1 aromatic rings. The molecular formula is C13H18FN3O. The smallest absolute Gasteiger partial charge is 0.143 e. The second-order valence-electron chi connectivity index (χ2n) is 4.12. The zero-order valence-electron chi connectivity index (χ0n) is 10.7. The first-order valence-electron chi connectivity index (χ1n) is 5.80. The Morgan fingerprint density at radius 2 is 2.17 bits per heavy atom. The minimum Gasteiger partial charge on any atom is -0.382 e. The third kappa shape index (κ3) is 4.70. The van der Waals surface area contributed by atoms with Crippen LogP contribution in [0.1, 0.15) is 5.56 Å². The number of hydrogen-bond acceptors (Lipinski definition) is 4. The van der Waals surface area contributed by atoms with Crippen LogP contribution in [0.3, 0.4) is 0 Å². The highest BCUT2D eigenvalue weighted by Gasteiger charge is 2.06. The molecule has 4 nitrogen and oxygen atoms in total. The van der Waals surface area contributed by atoms with Gasteiger partial charge in [0.1, 0.15) is 17.4 Å². The van der Waals surface area contributed by atoms with Crippen molar-refractivity contribution in [1.82, 2.24) is 4.90 Å². The number of anilines is 1. The van der Waals surface area contributed by atoms with Crippen molar-refractivity contribution in [2.24, 2.45) is 0 Å². The number of nitrogens with zero attached hydrogens (tertiary/aromatic N) is 2. The first-order chi connectivity index (χ1) is 8.65. The highest BCUT2D eigenvalue weighted by Crippen LogP contribution is 2.17. The number of nitrogens with one attached hydrogen (secondary N) is 1. The van der Waals surface area contributed by atoms with Gasteiger partial charge in [0.15, 0.2) is 0 Å². The van der Waals surface area contributed by atoms with E-state index in [4.69, 9.17) is 10.00 Å². The molecular weight excluding hydrogens is 233 g/mol. The van der Waals surface area contributed by atoms with Crippen molar-refractivity contribution >= 4 is 5.69 Å². The van der Waals surface area contributed by atoms with E-state index in [9.17, 15) is 4.39 Å². The molecule has 0 saturated heterocycles. The largest absolute Gasteiger partial charge is 0.382 e. The molecule has 0 fully saturated rings. The quantitative estimate of drug-likeness (QED) is 0.749. The van der Waals surface area contributed by atoms with Gasteiger partial charge in [0.2, 0.25) is 0 Å². The molecule has 0 heterocycles. The Labute approximate surface area is 107 Å². The van der Waals surface area contributed by atoms with Crippen LogP contribution in [-0.4, -0.2) is 45.3 Å². The maximum Gasteiger partial charge on any atom is 0.143 e. The molecule has 1 rings (SSSR count). The number of likely N-dealkylation sites (N-methyl/N-ethyl adjacent to an activating group) is 1. The van der Waals surface area contributed by atoms with Gasteiger partial charge in [-0.2, -0.15) is 5.26 Å². The van der Waals surface area contributed by atoms with Crippen LogP contribution in [0.4, 0.5) is 10.1 Å². The van der Waals surface area contributed by atoms with Gasteiger partial charge in [-0.25, -0.2) is 4.39 Å². The summed E-state index contributed by atoms with van der Waals surface area (Å²) in [4.78, 5) is 2.04. The molecule has 0 aliphatic heterocycles. The van der Waals surface area contributed by atoms with Crippen LogP contribution in [0, 0.1) is 17.1 Å². The third-order valence-electron chi connectivity index (χ3n) is 2.37. The molecule has 0 spiro atoms. The summed E-state index contributed by atoms with van der Waals surface area (Å²) >= 11 is 0. The first-order valence-corrected chi connectivity index (χ1v) is 5.80. The van der Waals surface area contributed by atoms with Gasteiger partial charge in [-0.15, -0.1) is 0 Å². The van der Waals surface area contributed by atoms with Crippen LogP contribution in [0.15, 0.2) is 18.2 Å². The van der Waals surface area contributed by atoms with Gasteiger partial charge in [-0.05, 0) is 26.2 Å². The normalized spacial score (nSPS) is 10.4. The number of halogens is 1. The molecule has 0 saturated carbocycles. The van der Waals surface area contributed by atoms with Gasteiger partial charge in [-0.3, -0.25) is 0 Å². The van der Waals surface area contributed by atoms with E-state index in [1.165, 1.54) is 6.07 Å². The summed E-state index contributed by atoms with van der Waals surface area (Å²) in [6.45, 7) is 2.59. The maximum atomic E-state index is 13.3. The third-order valence-corrected chi connectivity index (χ3v) is 2.37. The average molecular weight is 251 g/mol. The monoisotopic (exact) mass is 251 g/mol. The standard InChI is InChI=1S/C13H18FN3O/c1-17(2)7-9-18-8-6-16-13-5-3-4-12(14)11(13)10-15/h3-5,16H,6-9H2,1-2H3. The van der Waals surface area contributed by atoms with Crippen molar-refractivity contribution < 1.29 is 9.13 Å². The van der Waals surface area contributed by atoms with Crippen molar-refractivity contribution in [2.75, 3.05) is 45.7 Å². The average Bonchev–Trinajstić information content (AvgIpc) is 2.33. The van der Waals surface area contributed by atoms with Crippen LogP contribution >= 0.6 is 0 Å². The highest BCUT2D eigenvalue weighted by molar-refractivity contribution is 5.57. The van der Waals surface area contributed by atoms with Gasteiger partial charge in [0.05, 0.1) is 18.9 Å². The van der Waals surface area contributed by atoms with Crippen molar-refractivity contribution in [3.63, 3.8) is 0 Å². The fraction of sp³-hybridized carbons (Fsp3) is 0.462. The van der Waals surface area contributed by atoms with E-state index in [0.717, 1.165) is 6.54 Å². The lowest BCUT2D eigenvalue weighted by Crippen LogP contribution is -2.20. The summed E-state index contributed by atoms with van der Waals surface area (Å²) in [7, 11) is 3.96. The van der Waals surface area contributed by atoms with Crippen LogP contribution < -0.4 is 5.32 Å².